The highest BCUT2D eigenvalue weighted by Crippen LogP contribution is 2.23. The van der Waals surface area contributed by atoms with Crippen molar-refractivity contribution < 1.29 is 23.5 Å². The molecule has 1 aliphatic rings. The van der Waals surface area contributed by atoms with Crippen LogP contribution in [0.2, 0.25) is 0 Å². The minimum absolute atomic E-state index is 0.00858. The molecule has 1 fully saturated rings. The fraction of sp³-hybridized carbons (Fsp3) is 0.348. The van der Waals surface area contributed by atoms with Gasteiger partial charge in [-0.25, -0.2) is 0 Å². The number of nitrogens with zero attached hydrogens (tertiary/aromatic N) is 3. The quantitative estimate of drug-likeness (QED) is 0.523. The van der Waals surface area contributed by atoms with E-state index >= 15 is 0 Å². The topological polar surface area (TPSA) is 86.9 Å². The van der Waals surface area contributed by atoms with E-state index in [1.165, 1.54) is 0 Å². The molecule has 3 aromatic rings. The Morgan fingerprint density at radius 3 is 2.45 bits per heavy atom. The molecule has 1 aromatic heterocycles. The molecule has 1 aliphatic heterocycles. The molecule has 1 saturated heterocycles. The lowest BCUT2D eigenvalue weighted by Crippen LogP contribution is -2.56. The van der Waals surface area contributed by atoms with E-state index in [9.17, 15) is 4.79 Å². The summed E-state index contributed by atoms with van der Waals surface area (Å²) in [6.07, 6.45) is 1.21. The van der Waals surface area contributed by atoms with Crippen molar-refractivity contribution >= 4 is 5.91 Å². The fourth-order valence-corrected chi connectivity index (χ4v) is 3.35. The number of rotatable bonds is 9. The Morgan fingerprint density at radius 2 is 1.77 bits per heavy atom. The summed E-state index contributed by atoms with van der Waals surface area (Å²) < 4.78 is 21.2. The summed E-state index contributed by atoms with van der Waals surface area (Å²) in [5.41, 5.74) is 1.96. The molecule has 0 radical (unpaired) electrons. The van der Waals surface area contributed by atoms with E-state index in [-0.39, 0.29) is 18.6 Å². The first kappa shape index (κ1) is 20.9. The van der Waals surface area contributed by atoms with Gasteiger partial charge < -0.3 is 23.6 Å². The van der Waals surface area contributed by atoms with Gasteiger partial charge in [0.05, 0.1) is 20.2 Å². The van der Waals surface area contributed by atoms with Gasteiger partial charge in [-0.1, -0.05) is 17.3 Å². The number of likely N-dealkylation sites (tertiary alicyclic amines) is 1. The van der Waals surface area contributed by atoms with Crippen LogP contribution in [-0.2, 0) is 22.6 Å². The van der Waals surface area contributed by atoms with Gasteiger partial charge in [0.25, 0.3) is 5.89 Å². The number of benzene rings is 2. The standard InChI is InChI=1S/C23H25N3O5/c1-28-15-21-24-23(25-31-21)17-6-10-19(11-7-17)30-20-13-26(14-20)22(27)12-5-16-3-8-18(29-2)9-4-16/h3-4,6-11,20H,5,12-15H2,1-2H3. The van der Waals surface area contributed by atoms with Crippen molar-refractivity contribution in [1.82, 2.24) is 15.0 Å². The first-order valence-electron chi connectivity index (χ1n) is 10.1. The molecular formula is C23H25N3O5. The Labute approximate surface area is 180 Å². The Balaban J connectivity index is 1.21. The summed E-state index contributed by atoms with van der Waals surface area (Å²) in [5, 5.41) is 3.94. The smallest absolute Gasteiger partial charge is 0.252 e. The number of hydrogen-bond acceptors (Lipinski definition) is 7. The predicted octanol–water partition coefficient (Wildman–Crippen LogP) is 3.11. The van der Waals surface area contributed by atoms with Gasteiger partial charge in [-0.3, -0.25) is 4.79 Å². The van der Waals surface area contributed by atoms with Gasteiger partial charge in [-0.05, 0) is 48.4 Å². The lowest BCUT2D eigenvalue weighted by molar-refractivity contribution is -0.139. The Hall–Kier alpha value is -3.39. The van der Waals surface area contributed by atoms with E-state index in [0.717, 1.165) is 22.6 Å². The van der Waals surface area contributed by atoms with E-state index in [4.69, 9.17) is 18.7 Å². The summed E-state index contributed by atoms with van der Waals surface area (Å²) in [4.78, 5) is 18.5. The van der Waals surface area contributed by atoms with Crippen molar-refractivity contribution in [3.63, 3.8) is 0 Å². The SMILES string of the molecule is COCc1nc(-c2ccc(OC3CN(C(=O)CCc4ccc(OC)cc4)C3)cc2)no1. The molecule has 1 amide bonds. The van der Waals surface area contributed by atoms with Crippen LogP contribution in [0.15, 0.2) is 53.1 Å². The van der Waals surface area contributed by atoms with Crippen molar-refractivity contribution in [3.05, 3.63) is 60.0 Å². The normalized spacial score (nSPS) is 13.7. The number of hydrogen-bond donors (Lipinski definition) is 0. The summed E-state index contributed by atoms with van der Waals surface area (Å²) in [6, 6.07) is 15.3. The molecule has 0 unspecified atom stereocenters. The zero-order valence-electron chi connectivity index (χ0n) is 17.6. The van der Waals surface area contributed by atoms with Gasteiger partial charge in [0.2, 0.25) is 11.7 Å². The van der Waals surface area contributed by atoms with Crippen molar-refractivity contribution in [1.29, 1.82) is 0 Å². The summed E-state index contributed by atoms with van der Waals surface area (Å²) in [7, 11) is 3.22. The molecule has 8 nitrogen and oxygen atoms in total. The van der Waals surface area contributed by atoms with Gasteiger partial charge >= 0.3 is 0 Å². The molecule has 0 saturated carbocycles. The molecule has 0 bridgehead atoms. The number of amides is 1. The second kappa shape index (κ2) is 9.61. The third-order valence-corrected chi connectivity index (χ3v) is 5.14. The second-order valence-corrected chi connectivity index (χ2v) is 7.36. The number of aryl methyl sites for hydroxylation is 1. The molecule has 2 heterocycles. The first-order chi connectivity index (χ1) is 15.1. The highest BCUT2D eigenvalue weighted by atomic mass is 16.5. The molecule has 4 rings (SSSR count). The van der Waals surface area contributed by atoms with Crippen molar-refractivity contribution in [2.75, 3.05) is 27.3 Å². The van der Waals surface area contributed by atoms with Crippen LogP contribution >= 0.6 is 0 Å². The maximum absolute atomic E-state index is 12.4. The van der Waals surface area contributed by atoms with Gasteiger partial charge in [0, 0.05) is 19.1 Å². The number of aromatic nitrogens is 2. The number of methoxy groups -OCH3 is 2. The third-order valence-electron chi connectivity index (χ3n) is 5.14. The highest BCUT2D eigenvalue weighted by molar-refractivity contribution is 5.77. The van der Waals surface area contributed by atoms with E-state index in [1.807, 2.05) is 53.4 Å². The molecule has 162 valence electrons. The molecule has 0 atom stereocenters. The number of ether oxygens (including phenoxy) is 3. The van der Waals surface area contributed by atoms with Crippen LogP contribution in [0.25, 0.3) is 11.4 Å². The molecule has 2 aromatic carbocycles. The van der Waals surface area contributed by atoms with Crippen LogP contribution in [0, 0.1) is 0 Å². The number of carbonyl (C=O) groups is 1. The van der Waals surface area contributed by atoms with Crippen molar-refractivity contribution in [3.8, 4) is 22.9 Å². The Morgan fingerprint density at radius 1 is 1.06 bits per heavy atom. The van der Waals surface area contributed by atoms with Crippen LogP contribution in [-0.4, -0.2) is 54.4 Å². The van der Waals surface area contributed by atoms with Crippen molar-refractivity contribution in [2.24, 2.45) is 0 Å². The average Bonchev–Trinajstić information content (AvgIpc) is 3.24. The monoisotopic (exact) mass is 423 g/mol. The Kier molecular flexibility index (Phi) is 6.47. The van der Waals surface area contributed by atoms with Crippen LogP contribution in [0.1, 0.15) is 17.9 Å². The zero-order chi connectivity index (χ0) is 21.6. The van der Waals surface area contributed by atoms with Crippen LogP contribution in [0.5, 0.6) is 11.5 Å². The van der Waals surface area contributed by atoms with Gasteiger partial charge in [-0.15, -0.1) is 0 Å². The molecule has 31 heavy (non-hydrogen) atoms. The predicted molar refractivity (Wildman–Crippen MR) is 113 cm³/mol. The van der Waals surface area contributed by atoms with E-state index in [2.05, 4.69) is 10.1 Å². The summed E-state index contributed by atoms with van der Waals surface area (Å²) in [5.74, 6) is 2.66. The van der Waals surface area contributed by atoms with Crippen molar-refractivity contribution in [2.45, 2.75) is 25.6 Å². The molecule has 8 heteroatoms. The van der Waals surface area contributed by atoms with E-state index < -0.39 is 0 Å². The minimum Gasteiger partial charge on any atom is -0.497 e. The molecule has 0 aliphatic carbocycles. The average molecular weight is 423 g/mol. The maximum Gasteiger partial charge on any atom is 0.252 e. The lowest BCUT2D eigenvalue weighted by Gasteiger charge is -2.39. The van der Waals surface area contributed by atoms with Gasteiger partial charge in [0.1, 0.15) is 24.2 Å². The number of carbonyl (C=O) groups excluding carboxylic acids is 1. The minimum atomic E-state index is 0.00858. The first-order valence-corrected chi connectivity index (χ1v) is 10.1. The van der Waals surface area contributed by atoms with Crippen LogP contribution < -0.4 is 9.47 Å². The summed E-state index contributed by atoms with van der Waals surface area (Å²) >= 11 is 0. The zero-order valence-corrected chi connectivity index (χ0v) is 17.6. The van der Waals surface area contributed by atoms with E-state index in [0.29, 0.717) is 37.6 Å². The summed E-state index contributed by atoms with van der Waals surface area (Å²) in [6.45, 7) is 1.49. The molecule has 0 N–H and O–H groups in total. The highest BCUT2D eigenvalue weighted by Gasteiger charge is 2.31. The maximum atomic E-state index is 12.4. The fourth-order valence-electron chi connectivity index (χ4n) is 3.35. The molecular weight excluding hydrogens is 398 g/mol. The largest absolute Gasteiger partial charge is 0.497 e. The van der Waals surface area contributed by atoms with Crippen LogP contribution in [0.4, 0.5) is 0 Å². The van der Waals surface area contributed by atoms with Crippen LogP contribution in [0.3, 0.4) is 0 Å². The van der Waals surface area contributed by atoms with E-state index in [1.54, 1.807) is 14.2 Å². The second-order valence-electron chi connectivity index (χ2n) is 7.36. The lowest BCUT2D eigenvalue weighted by atomic mass is 10.1. The molecule has 0 spiro atoms. The third kappa shape index (κ3) is 5.21. The van der Waals surface area contributed by atoms with Gasteiger partial charge in [0.15, 0.2) is 0 Å². The van der Waals surface area contributed by atoms with Gasteiger partial charge in [-0.2, -0.15) is 4.98 Å². The Bertz CT molecular complexity index is 995.